The van der Waals surface area contributed by atoms with Gasteiger partial charge in [0, 0.05) is 0 Å². The average Bonchev–Trinajstić information content (AvgIpc) is 2.80. The molecular formula is C14H11BrClNO3. The van der Waals surface area contributed by atoms with Crippen LogP contribution >= 0.6 is 27.5 Å². The number of alkyl halides is 1. The molecule has 0 radical (unpaired) electrons. The maximum absolute atomic E-state index is 12.0. The van der Waals surface area contributed by atoms with E-state index in [0.29, 0.717) is 35.4 Å². The molecule has 0 aliphatic carbocycles. The second-order valence-electron chi connectivity index (χ2n) is 4.36. The molecule has 0 saturated carbocycles. The number of furan rings is 1. The van der Waals surface area contributed by atoms with E-state index in [9.17, 15) is 4.79 Å². The highest BCUT2D eigenvalue weighted by atomic mass is 79.9. The Morgan fingerprint density at radius 1 is 1.30 bits per heavy atom. The van der Waals surface area contributed by atoms with Crippen molar-refractivity contribution in [3.8, 4) is 5.75 Å². The molecule has 6 heteroatoms. The van der Waals surface area contributed by atoms with Gasteiger partial charge in [-0.2, -0.15) is 0 Å². The van der Waals surface area contributed by atoms with E-state index < -0.39 is 0 Å². The van der Waals surface area contributed by atoms with Crippen LogP contribution in [0.4, 0.5) is 0 Å². The normalized spacial score (nSPS) is 15.8. The minimum Gasteiger partial charge on any atom is -0.491 e. The fraction of sp³-hybridized carbons (Fsp3) is 0.214. The van der Waals surface area contributed by atoms with Crippen LogP contribution in [0.25, 0.3) is 0 Å². The van der Waals surface area contributed by atoms with Crippen LogP contribution in [0.5, 0.6) is 5.75 Å². The van der Waals surface area contributed by atoms with Gasteiger partial charge in [-0.25, -0.2) is 0 Å². The lowest BCUT2D eigenvalue weighted by molar-refractivity contribution is 0.0957. The van der Waals surface area contributed by atoms with Crippen LogP contribution in [0.3, 0.4) is 0 Å². The van der Waals surface area contributed by atoms with E-state index in [1.165, 1.54) is 0 Å². The smallest absolute Gasteiger partial charge is 0.255 e. The quantitative estimate of drug-likeness (QED) is 0.837. The van der Waals surface area contributed by atoms with Crippen LogP contribution in [-0.2, 0) is 0 Å². The van der Waals surface area contributed by atoms with Gasteiger partial charge in [0.15, 0.2) is 5.22 Å². The van der Waals surface area contributed by atoms with Gasteiger partial charge in [0.25, 0.3) is 5.91 Å². The lowest BCUT2D eigenvalue weighted by Crippen LogP contribution is -2.24. The molecule has 1 N–H and O–H groups in total. The molecule has 0 saturated heterocycles. The van der Waals surface area contributed by atoms with E-state index in [4.69, 9.17) is 20.8 Å². The Bertz CT molecular complexity index is 656. The number of amides is 1. The molecule has 1 aromatic heterocycles. The minimum absolute atomic E-state index is 0.128. The summed E-state index contributed by atoms with van der Waals surface area (Å²) >= 11 is 9.33. The molecular weight excluding hydrogens is 346 g/mol. The van der Waals surface area contributed by atoms with Gasteiger partial charge in [0.2, 0.25) is 0 Å². The molecule has 20 heavy (non-hydrogen) atoms. The fourth-order valence-electron chi connectivity index (χ4n) is 2.06. The van der Waals surface area contributed by atoms with Crippen LogP contribution in [0, 0.1) is 0 Å². The Kier molecular flexibility index (Phi) is 3.72. The first-order valence-electron chi connectivity index (χ1n) is 6.09. The van der Waals surface area contributed by atoms with E-state index in [2.05, 4.69) is 21.2 Å². The molecule has 1 unspecified atom stereocenters. The van der Waals surface area contributed by atoms with Crippen molar-refractivity contribution < 1.29 is 13.9 Å². The Morgan fingerprint density at radius 2 is 2.15 bits per heavy atom. The molecule has 4 nitrogen and oxygen atoms in total. The zero-order chi connectivity index (χ0) is 14.1. The topological polar surface area (TPSA) is 51.5 Å². The molecule has 3 rings (SSSR count). The van der Waals surface area contributed by atoms with E-state index in [-0.39, 0.29) is 10.7 Å². The van der Waals surface area contributed by atoms with Crippen molar-refractivity contribution in [3.63, 3.8) is 0 Å². The molecule has 1 aromatic carbocycles. The minimum atomic E-state index is -0.170. The Morgan fingerprint density at radius 3 is 2.90 bits per heavy atom. The lowest BCUT2D eigenvalue weighted by atomic mass is 10.1. The number of hydrogen-bond acceptors (Lipinski definition) is 3. The number of carbonyl (C=O) groups is 1. The van der Waals surface area contributed by atoms with Crippen molar-refractivity contribution in [2.45, 2.75) is 4.83 Å². The van der Waals surface area contributed by atoms with Crippen molar-refractivity contribution >= 4 is 33.4 Å². The van der Waals surface area contributed by atoms with E-state index in [1.54, 1.807) is 24.3 Å². The van der Waals surface area contributed by atoms with Crippen LogP contribution < -0.4 is 10.1 Å². The van der Waals surface area contributed by atoms with Crippen LogP contribution in [0.15, 0.2) is 34.7 Å². The molecule has 2 heterocycles. The Balaban J connectivity index is 1.97. The van der Waals surface area contributed by atoms with Gasteiger partial charge in [-0.3, -0.25) is 4.79 Å². The molecule has 1 amide bonds. The first-order valence-corrected chi connectivity index (χ1v) is 7.39. The van der Waals surface area contributed by atoms with Crippen LogP contribution in [0.2, 0.25) is 5.22 Å². The van der Waals surface area contributed by atoms with Crippen molar-refractivity contribution in [2.75, 3.05) is 13.2 Å². The number of benzene rings is 1. The molecule has 2 aromatic rings. The highest BCUT2D eigenvalue weighted by molar-refractivity contribution is 9.09. The van der Waals surface area contributed by atoms with Gasteiger partial charge in [-0.1, -0.05) is 22.0 Å². The summed E-state index contributed by atoms with van der Waals surface area (Å²) in [5.74, 6) is 1.15. The number of carbonyl (C=O) groups excluding carboxylic acids is 1. The van der Waals surface area contributed by atoms with E-state index >= 15 is 0 Å². The third-order valence-electron chi connectivity index (χ3n) is 3.03. The SMILES string of the molecule is O=C1NCCOc2ccc(C(Br)c3ccc(Cl)o3)cc21. The lowest BCUT2D eigenvalue weighted by Gasteiger charge is -2.11. The second-order valence-corrected chi connectivity index (χ2v) is 5.65. The summed E-state index contributed by atoms with van der Waals surface area (Å²) in [6, 6.07) is 8.97. The molecule has 1 atom stereocenters. The maximum Gasteiger partial charge on any atom is 0.255 e. The van der Waals surface area contributed by atoms with Crippen molar-refractivity contribution in [1.29, 1.82) is 0 Å². The highest BCUT2D eigenvalue weighted by Gasteiger charge is 2.20. The number of rotatable bonds is 2. The number of nitrogens with one attached hydrogen (secondary N) is 1. The monoisotopic (exact) mass is 355 g/mol. The van der Waals surface area contributed by atoms with Crippen LogP contribution in [-0.4, -0.2) is 19.1 Å². The van der Waals surface area contributed by atoms with Crippen LogP contribution in [0.1, 0.15) is 26.5 Å². The zero-order valence-corrected chi connectivity index (χ0v) is 12.7. The summed E-state index contributed by atoms with van der Waals surface area (Å²) in [7, 11) is 0. The van der Waals surface area contributed by atoms with Crippen molar-refractivity contribution in [3.05, 3.63) is 52.4 Å². The summed E-state index contributed by atoms with van der Waals surface area (Å²) < 4.78 is 10.9. The molecule has 0 spiro atoms. The van der Waals surface area contributed by atoms with Crippen molar-refractivity contribution in [1.82, 2.24) is 5.32 Å². The van der Waals surface area contributed by atoms with Gasteiger partial charge < -0.3 is 14.5 Å². The number of ether oxygens (including phenoxy) is 1. The molecule has 1 aliphatic rings. The van der Waals surface area contributed by atoms with Gasteiger partial charge in [0.05, 0.1) is 16.9 Å². The average molecular weight is 357 g/mol. The largest absolute Gasteiger partial charge is 0.491 e. The summed E-state index contributed by atoms with van der Waals surface area (Å²) in [6.45, 7) is 0.984. The van der Waals surface area contributed by atoms with Gasteiger partial charge in [-0.15, -0.1) is 0 Å². The van der Waals surface area contributed by atoms with E-state index in [1.807, 2.05) is 6.07 Å². The van der Waals surface area contributed by atoms with Crippen molar-refractivity contribution in [2.24, 2.45) is 0 Å². The standard InChI is InChI=1S/C14H11BrClNO3/c15-13(11-3-4-12(16)20-11)8-1-2-10-9(7-8)14(18)17-5-6-19-10/h1-4,7,13H,5-6H2,(H,17,18). The predicted molar refractivity (Wildman–Crippen MR) is 78.8 cm³/mol. The summed E-state index contributed by atoms with van der Waals surface area (Å²) in [5.41, 5.74) is 1.43. The molecule has 0 bridgehead atoms. The number of fused-ring (bicyclic) bond motifs is 1. The predicted octanol–water partition coefficient (Wildman–Crippen LogP) is 3.54. The van der Waals surface area contributed by atoms with E-state index in [0.717, 1.165) is 5.56 Å². The molecule has 0 fully saturated rings. The first kappa shape index (κ1) is 13.5. The third kappa shape index (κ3) is 2.55. The Hall–Kier alpha value is -1.46. The zero-order valence-electron chi connectivity index (χ0n) is 10.4. The summed E-state index contributed by atoms with van der Waals surface area (Å²) in [4.78, 5) is 11.8. The van der Waals surface area contributed by atoms with Gasteiger partial charge >= 0.3 is 0 Å². The summed E-state index contributed by atoms with van der Waals surface area (Å²) in [6.07, 6.45) is 0. The number of halogens is 2. The molecule has 1 aliphatic heterocycles. The second kappa shape index (κ2) is 5.50. The number of hydrogen-bond donors (Lipinski definition) is 1. The molecule has 104 valence electrons. The van der Waals surface area contributed by atoms with Gasteiger partial charge in [0.1, 0.15) is 18.1 Å². The van der Waals surface area contributed by atoms with Gasteiger partial charge in [-0.05, 0) is 41.4 Å². The Labute approximate surface area is 129 Å². The summed E-state index contributed by atoms with van der Waals surface area (Å²) in [5, 5.41) is 3.12. The first-order chi connectivity index (χ1) is 9.65. The maximum atomic E-state index is 12.0. The third-order valence-corrected chi connectivity index (χ3v) is 4.21. The fourth-order valence-corrected chi connectivity index (χ4v) is 2.74. The highest BCUT2D eigenvalue weighted by Crippen LogP contribution is 2.35.